The number of nitrogen functional groups attached to an aromatic ring is 1. The number of non-ortho nitro benzene ring substituents is 1. The zero-order valence-corrected chi connectivity index (χ0v) is 12.8. The lowest BCUT2D eigenvalue weighted by molar-refractivity contribution is -0.384. The molecule has 2 aromatic carbocycles. The van der Waals surface area contributed by atoms with Crippen LogP contribution in [0.15, 0.2) is 41.3 Å². The number of ether oxygens (including phenoxy) is 1. The molecule has 0 spiro atoms. The standard InChI is InChI=1S/C14H13ClN2O3S/c1-20-13-6-10(16)3-5-14(13)21-8-9-2-4-11(17(18)19)7-12(9)15/h2-7H,8,16H2,1H3. The fourth-order valence-electron chi connectivity index (χ4n) is 1.73. The highest BCUT2D eigenvalue weighted by Gasteiger charge is 2.11. The largest absolute Gasteiger partial charge is 0.496 e. The molecule has 21 heavy (non-hydrogen) atoms. The van der Waals surface area contributed by atoms with Gasteiger partial charge in [0, 0.05) is 34.5 Å². The molecule has 0 unspecified atom stereocenters. The summed E-state index contributed by atoms with van der Waals surface area (Å²) in [4.78, 5) is 11.1. The maximum Gasteiger partial charge on any atom is 0.270 e. The summed E-state index contributed by atoms with van der Waals surface area (Å²) >= 11 is 7.60. The number of hydrogen-bond donors (Lipinski definition) is 1. The van der Waals surface area contributed by atoms with E-state index in [4.69, 9.17) is 22.1 Å². The molecular formula is C14H13ClN2O3S. The second-order valence-electron chi connectivity index (χ2n) is 4.23. The highest BCUT2D eigenvalue weighted by atomic mass is 35.5. The predicted molar refractivity (Wildman–Crippen MR) is 85.1 cm³/mol. The molecule has 0 saturated carbocycles. The van der Waals surface area contributed by atoms with Crippen LogP contribution in [0.3, 0.4) is 0 Å². The lowest BCUT2D eigenvalue weighted by Crippen LogP contribution is -1.92. The van der Waals surface area contributed by atoms with Crippen molar-refractivity contribution in [3.8, 4) is 5.75 Å². The van der Waals surface area contributed by atoms with Crippen LogP contribution in [0.25, 0.3) is 0 Å². The Kier molecular flexibility index (Phi) is 4.93. The van der Waals surface area contributed by atoms with Gasteiger partial charge in [0.1, 0.15) is 5.75 Å². The van der Waals surface area contributed by atoms with Crippen LogP contribution >= 0.6 is 23.4 Å². The molecule has 5 nitrogen and oxygen atoms in total. The maximum absolute atomic E-state index is 10.7. The third kappa shape index (κ3) is 3.80. The van der Waals surface area contributed by atoms with Crippen molar-refractivity contribution in [3.63, 3.8) is 0 Å². The van der Waals surface area contributed by atoms with E-state index in [-0.39, 0.29) is 5.69 Å². The van der Waals surface area contributed by atoms with Gasteiger partial charge in [-0.15, -0.1) is 11.8 Å². The number of hydrogen-bond acceptors (Lipinski definition) is 5. The molecule has 2 N–H and O–H groups in total. The van der Waals surface area contributed by atoms with E-state index in [1.807, 2.05) is 6.07 Å². The van der Waals surface area contributed by atoms with Crippen molar-refractivity contribution in [1.29, 1.82) is 0 Å². The molecule has 0 fully saturated rings. The molecule has 0 bridgehead atoms. The fourth-order valence-corrected chi connectivity index (χ4v) is 3.06. The minimum atomic E-state index is -0.466. The van der Waals surface area contributed by atoms with E-state index in [1.54, 1.807) is 25.3 Å². The number of benzene rings is 2. The summed E-state index contributed by atoms with van der Waals surface area (Å²) in [6, 6.07) is 9.89. The van der Waals surface area contributed by atoms with Crippen LogP contribution < -0.4 is 10.5 Å². The number of halogens is 1. The third-order valence-corrected chi connectivity index (χ3v) is 4.27. The first-order chi connectivity index (χ1) is 10.0. The normalized spacial score (nSPS) is 10.4. The Labute approximate surface area is 131 Å². The molecule has 0 heterocycles. The van der Waals surface area contributed by atoms with Crippen LogP contribution in [0.1, 0.15) is 5.56 Å². The van der Waals surface area contributed by atoms with E-state index in [1.165, 1.54) is 23.9 Å². The van der Waals surface area contributed by atoms with Gasteiger partial charge in [0.05, 0.1) is 17.1 Å². The predicted octanol–water partition coefficient (Wildman–Crippen LogP) is 4.13. The summed E-state index contributed by atoms with van der Waals surface area (Å²) < 4.78 is 5.27. The van der Waals surface area contributed by atoms with Gasteiger partial charge in [0.15, 0.2) is 0 Å². The first kappa shape index (κ1) is 15.5. The van der Waals surface area contributed by atoms with Gasteiger partial charge in [-0.3, -0.25) is 10.1 Å². The molecule has 0 amide bonds. The highest BCUT2D eigenvalue weighted by molar-refractivity contribution is 7.98. The Morgan fingerprint density at radius 3 is 2.71 bits per heavy atom. The average molecular weight is 325 g/mol. The highest BCUT2D eigenvalue weighted by Crippen LogP contribution is 2.35. The van der Waals surface area contributed by atoms with Crippen LogP contribution in [-0.2, 0) is 5.75 Å². The Morgan fingerprint density at radius 1 is 1.33 bits per heavy atom. The number of nitro benzene ring substituents is 1. The molecule has 0 radical (unpaired) electrons. The van der Waals surface area contributed by atoms with Gasteiger partial charge in [-0.25, -0.2) is 0 Å². The number of nitrogens with two attached hydrogens (primary N) is 1. The smallest absolute Gasteiger partial charge is 0.270 e. The van der Waals surface area contributed by atoms with E-state index in [9.17, 15) is 10.1 Å². The van der Waals surface area contributed by atoms with Crippen molar-refractivity contribution in [1.82, 2.24) is 0 Å². The van der Waals surface area contributed by atoms with Crippen molar-refractivity contribution < 1.29 is 9.66 Å². The van der Waals surface area contributed by atoms with E-state index in [0.717, 1.165) is 10.5 Å². The zero-order valence-electron chi connectivity index (χ0n) is 11.2. The van der Waals surface area contributed by atoms with Crippen LogP contribution in [0.5, 0.6) is 5.75 Å². The van der Waals surface area contributed by atoms with Crippen LogP contribution in [0, 0.1) is 10.1 Å². The summed E-state index contributed by atoms with van der Waals surface area (Å²) in [6.45, 7) is 0. The minimum Gasteiger partial charge on any atom is -0.496 e. The molecular weight excluding hydrogens is 312 g/mol. The monoisotopic (exact) mass is 324 g/mol. The van der Waals surface area contributed by atoms with Crippen molar-refractivity contribution in [2.24, 2.45) is 0 Å². The van der Waals surface area contributed by atoms with Gasteiger partial charge in [-0.2, -0.15) is 0 Å². The lowest BCUT2D eigenvalue weighted by Gasteiger charge is -2.09. The van der Waals surface area contributed by atoms with Crippen molar-refractivity contribution >= 4 is 34.7 Å². The Morgan fingerprint density at radius 2 is 2.10 bits per heavy atom. The topological polar surface area (TPSA) is 78.4 Å². The lowest BCUT2D eigenvalue weighted by atomic mass is 10.2. The SMILES string of the molecule is COc1cc(N)ccc1SCc1ccc([N+](=O)[O-])cc1Cl. The summed E-state index contributed by atoms with van der Waals surface area (Å²) in [7, 11) is 1.58. The number of rotatable bonds is 5. The van der Waals surface area contributed by atoms with Crippen LogP contribution in [0.2, 0.25) is 5.02 Å². The summed E-state index contributed by atoms with van der Waals surface area (Å²) in [5.41, 5.74) is 7.14. The maximum atomic E-state index is 10.7. The van der Waals surface area contributed by atoms with E-state index in [2.05, 4.69) is 0 Å². The van der Waals surface area contributed by atoms with Gasteiger partial charge >= 0.3 is 0 Å². The molecule has 2 rings (SSSR count). The molecule has 0 atom stereocenters. The molecule has 7 heteroatoms. The summed E-state index contributed by atoms with van der Waals surface area (Å²) in [5, 5.41) is 11.1. The molecule has 0 aliphatic rings. The third-order valence-electron chi connectivity index (χ3n) is 2.82. The molecule has 0 saturated heterocycles. The van der Waals surface area contributed by atoms with Gasteiger partial charge in [-0.05, 0) is 23.8 Å². The van der Waals surface area contributed by atoms with Crippen molar-refractivity contribution in [3.05, 3.63) is 57.1 Å². The summed E-state index contributed by atoms with van der Waals surface area (Å²) in [5.74, 6) is 1.27. The first-order valence-corrected chi connectivity index (χ1v) is 7.36. The van der Waals surface area contributed by atoms with Gasteiger partial charge < -0.3 is 10.5 Å². The number of nitro groups is 1. The quantitative estimate of drug-likeness (QED) is 0.387. The summed E-state index contributed by atoms with van der Waals surface area (Å²) in [6.07, 6.45) is 0. The minimum absolute atomic E-state index is 0.0150. The van der Waals surface area contributed by atoms with E-state index < -0.39 is 4.92 Å². The molecule has 2 aromatic rings. The number of nitrogens with zero attached hydrogens (tertiary/aromatic N) is 1. The molecule has 110 valence electrons. The van der Waals surface area contributed by atoms with Gasteiger partial charge in [-0.1, -0.05) is 11.6 Å². The molecule has 0 aliphatic heterocycles. The zero-order chi connectivity index (χ0) is 15.4. The second kappa shape index (κ2) is 6.69. The Hall–Kier alpha value is -1.92. The van der Waals surface area contributed by atoms with Crippen LogP contribution in [-0.4, -0.2) is 12.0 Å². The second-order valence-corrected chi connectivity index (χ2v) is 5.66. The van der Waals surface area contributed by atoms with Crippen molar-refractivity contribution in [2.45, 2.75) is 10.6 Å². The number of thioether (sulfide) groups is 1. The first-order valence-electron chi connectivity index (χ1n) is 6.00. The average Bonchev–Trinajstić information content (AvgIpc) is 2.46. The van der Waals surface area contributed by atoms with Gasteiger partial charge in [0.25, 0.3) is 5.69 Å². The van der Waals surface area contributed by atoms with Gasteiger partial charge in [0.2, 0.25) is 0 Å². The molecule has 0 aliphatic carbocycles. The van der Waals surface area contributed by atoms with Crippen LogP contribution in [0.4, 0.5) is 11.4 Å². The van der Waals surface area contributed by atoms with Crippen molar-refractivity contribution in [2.75, 3.05) is 12.8 Å². The van der Waals surface area contributed by atoms with E-state index >= 15 is 0 Å². The molecule has 0 aromatic heterocycles. The Balaban J connectivity index is 2.15. The number of anilines is 1. The number of methoxy groups -OCH3 is 1. The Bertz CT molecular complexity index is 679. The fraction of sp³-hybridized carbons (Fsp3) is 0.143. The van der Waals surface area contributed by atoms with E-state index in [0.29, 0.717) is 22.2 Å².